The zero-order valence-corrected chi connectivity index (χ0v) is 24.0. The van der Waals surface area contributed by atoms with Crippen LogP contribution in [0.1, 0.15) is 11.1 Å². The van der Waals surface area contributed by atoms with E-state index in [4.69, 9.17) is 23.2 Å². The number of rotatable bonds is 8. The highest BCUT2D eigenvalue weighted by molar-refractivity contribution is 6.34. The van der Waals surface area contributed by atoms with Gasteiger partial charge in [-0.05, 0) is 60.4 Å². The number of aromatic amines is 2. The molecule has 2 aromatic heterocycles. The number of anilines is 2. The van der Waals surface area contributed by atoms with E-state index < -0.39 is 0 Å². The molecule has 0 saturated heterocycles. The predicted octanol–water partition coefficient (Wildman–Crippen LogP) is 6.46. The van der Waals surface area contributed by atoms with Gasteiger partial charge in [0.2, 0.25) is 0 Å². The molecule has 0 amide bonds. The molecular weight excluding hydrogens is 571 g/mol. The van der Waals surface area contributed by atoms with Crippen LogP contribution in [0.25, 0.3) is 21.5 Å². The van der Waals surface area contributed by atoms with Gasteiger partial charge in [-0.15, -0.1) is 0 Å². The second-order valence-electron chi connectivity index (χ2n) is 9.53. The Labute approximate surface area is 251 Å². The number of fused-ring (bicyclic) bond motifs is 2. The second-order valence-corrected chi connectivity index (χ2v) is 10.2. The van der Waals surface area contributed by atoms with Crippen molar-refractivity contribution in [3.63, 3.8) is 0 Å². The molecule has 10 heteroatoms. The Hall–Kier alpha value is -4.66. The summed E-state index contributed by atoms with van der Waals surface area (Å²) in [7, 11) is 0. The van der Waals surface area contributed by atoms with Crippen LogP contribution >= 0.6 is 23.2 Å². The Bertz CT molecular complexity index is 1910. The number of nitrogens with zero attached hydrogens (tertiary/aromatic N) is 2. The van der Waals surface area contributed by atoms with Crippen LogP contribution in [0.3, 0.4) is 0 Å². The molecule has 42 heavy (non-hydrogen) atoms. The summed E-state index contributed by atoms with van der Waals surface area (Å²) in [5.74, 6) is 0. The van der Waals surface area contributed by atoms with Crippen molar-refractivity contribution < 1.29 is 0 Å². The summed E-state index contributed by atoms with van der Waals surface area (Å²) in [5.41, 5.74) is 3.91. The van der Waals surface area contributed by atoms with Crippen LogP contribution in [0, 0.1) is 0 Å². The number of benzene rings is 4. The fourth-order valence-electron chi connectivity index (χ4n) is 4.48. The molecule has 0 bridgehead atoms. The van der Waals surface area contributed by atoms with Gasteiger partial charge in [0.25, 0.3) is 11.1 Å². The van der Waals surface area contributed by atoms with Gasteiger partial charge in [0.15, 0.2) is 10.3 Å². The maximum atomic E-state index is 11.8. The lowest BCUT2D eigenvalue weighted by Crippen LogP contribution is -2.10. The maximum absolute atomic E-state index is 11.8. The Kier molecular flexibility index (Phi) is 9.48. The SMILES string of the molecule is O=c1[nH]nc(Cl)c2cc(NCCc3ccccc3)ccc12.O=c1[nH]nc(Cl)c2ccc(NCCc3ccccc3)cc12. The third-order valence-corrected chi connectivity index (χ3v) is 7.23. The minimum absolute atomic E-state index is 0.231. The van der Waals surface area contributed by atoms with Gasteiger partial charge >= 0.3 is 0 Å². The van der Waals surface area contributed by atoms with Crippen LogP contribution < -0.4 is 21.8 Å². The topological polar surface area (TPSA) is 116 Å². The first-order chi connectivity index (χ1) is 20.5. The minimum atomic E-state index is -0.235. The van der Waals surface area contributed by atoms with Gasteiger partial charge in [-0.25, -0.2) is 10.2 Å². The summed E-state index contributed by atoms with van der Waals surface area (Å²) in [6.45, 7) is 1.61. The van der Waals surface area contributed by atoms with Gasteiger partial charge in [0.05, 0.1) is 10.8 Å². The summed E-state index contributed by atoms with van der Waals surface area (Å²) in [6.07, 6.45) is 1.85. The van der Waals surface area contributed by atoms with Crippen LogP contribution in [-0.2, 0) is 12.8 Å². The van der Waals surface area contributed by atoms with Gasteiger partial charge in [-0.3, -0.25) is 9.59 Å². The van der Waals surface area contributed by atoms with E-state index in [9.17, 15) is 9.59 Å². The molecule has 0 saturated carbocycles. The first-order valence-corrected chi connectivity index (χ1v) is 14.1. The van der Waals surface area contributed by atoms with Crippen molar-refractivity contribution in [2.75, 3.05) is 23.7 Å². The molecule has 6 rings (SSSR count). The van der Waals surface area contributed by atoms with E-state index in [0.717, 1.165) is 37.3 Å². The van der Waals surface area contributed by atoms with Crippen molar-refractivity contribution in [1.82, 2.24) is 20.4 Å². The molecule has 2 heterocycles. The molecule has 0 radical (unpaired) electrons. The molecule has 8 nitrogen and oxygen atoms in total. The molecule has 0 aliphatic heterocycles. The summed E-state index contributed by atoms with van der Waals surface area (Å²) >= 11 is 12.0. The first kappa shape index (κ1) is 28.9. The fourth-order valence-corrected chi connectivity index (χ4v) is 4.88. The van der Waals surface area contributed by atoms with Crippen LogP contribution in [-0.4, -0.2) is 33.5 Å². The van der Waals surface area contributed by atoms with Crippen molar-refractivity contribution >= 4 is 56.1 Å². The molecule has 0 aliphatic carbocycles. The molecule has 6 aromatic rings. The van der Waals surface area contributed by atoms with Crippen molar-refractivity contribution in [1.29, 1.82) is 0 Å². The molecule has 0 fully saturated rings. The zero-order chi connectivity index (χ0) is 29.3. The quantitative estimate of drug-likeness (QED) is 0.160. The Morgan fingerprint density at radius 1 is 0.548 bits per heavy atom. The number of aromatic nitrogens is 4. The monoisotopic (exact) mass is 598 g/mol. The molecular formula is C32H28Cl2N6O2. The standard InChI is InChI=1S/2C16H14ClN3O/c17-15-14-10-12(6-7-13(14)16(21)20-19-15)18-9-8-11-4-2-1-3-5-11;17-15-13-7-6-12(10-14(13)16(21)20-19-15)18-9-8-11-4-2-1-3-5-11/h2*1-7,10,18H,8-9H2,(H,20,21). The lowest BCUT2D eigenvalue weighted by atomic mass is 10.1. The highest BCUT2D eigenvalue weighted by Crippen LogP contribution is 2.22. The highest BCUT2D eigenvalue weighted by Gasteiger charge is 2.06. The van der Waals surface area contributed by atoms with Gasteiger partial charge < -0.3 is 10.6 Å². The zero-order valence-electron chi connectivity index (χ0n) is 22.5. The van der Waals surface area contributed by atoms with E-state index in [1.165, 1.54) is 11.1 Å². The molecule has 0 aliphatic rings. The molecule has 0 atom stereocenters. The van der Waals surface area contributed by atoms with Crippen molar-refractivity contribution in [2.45, 2.75) is 12.8 Å². The van der Waals surface area contributed by atoms with Gasteiger partial charge in [-0.2, -0.15) is 10.2 Å². The van der Waals surface area contributed by atoms with Crippen LogP contribution in [0.2, 0.25) is 10.3 Å². The summed E-state index contributed by atoms with van der Waals surface area (Å²) in [5, 5.41) is 21.9. The summed E-state index contributed by atoms with van der Waals surface area (Å²) < 4.78 is 0. The molecule has 4 N–H and O–H groups in total. The number of hydrogen-bond acceptors (Lipinski definition) is 6. The largest absolute Gasteiger partial charge is 0.385 e. The van der Waals surface area contributed by atoms with Crippen LogP contribution in [0.15, 0.2) is 107 Å². The Morgan fingerprint density at radius 2 is 1.00 bits per heavy atom. The normalized spacial score (nSPS) is 10.7. The number of nitrogens with one attached hydrogen (secondary N) is 4. The van der Waals surface area contributed by atoms with Crippen molar-refractivity contribution in [3.8, 4) is 0 Å². The smallest absolute Gasteiger partial charge is 0.272 e. The van der Waals surface area contributed by atoms with E-state index >= 15 is 0 Å². The van der Waals surface area contributed by atoms with Crippen molar-refractivity contribution in [2.24, 2.45) is 0 Å². The number of hydrogen-bond donors (Lipinski definition) is 4. The van der Waals surface area contributed by atoms with Crippen LogP contribution in [0.4, 0.5) is 11.4 Å². The van der Waals surface area contributed by atoms with Crippen molar-refractivity contribution in [3.05, 3.63) is 139 Å². The van der Waals surface area contributed by atoms with Gasteiger partial charge in [0.1, 0.15) is 0 Å². The average Bonchev–Trinajstić information content (AvgIpc) is 3.02. The third kappa shape index (κ3) is 7.34. The predicted molar refractivity (Wildman–Crippen MR) is 172 cm³/mol. The number of halogens is 2. The first-order valence-electron chi connectivity index (χ1n) is 13.4. The van der Waals surface area contributed by atoms with E-state index in [0.29, 0.717) is 31.9 Å². The lowest BCUT2D eigenvalue weighted by molar-refractivity contribution is 1.01. The maximum Gasteiger partial charge on any atom is 0.272 e. The average molecular weight is 600 g/mol. The highest BCUT2D eigenvalue weighted by atomic mass is 35.5. The van der Waals surface area contributed by atoms with Gasteiger partial charge in [0, 0.05) is 35.2 Å². The summed E-state index contributed by atoms with van der Waals surface area (Å²) in [6, 6.07) is 31.5. The van der Waals surface area contributed by atoms with E-state index in [1.807, 2.05) is 60.7 Å². The molecule has 0 spiro atoms. The van der Waals surface area contributed by atoms with E-state index in [2.05, 4.69) is 55.3 Å². The second kappa shape index (κ2) is 13.8. The molecule has 4 aromatic carbocycles. The Morgan fingerprint density at radius 3 is 1.55 bits per heavy atom. The number of H-pyrrole nitrogens is 2. The minimum Gasteiger partial charge on any atom is -0.385 e. The summed E-state index contributed by atoms with van der Waals surface area (Å²) in [4.78, 5) is 23.4. The molecule has 212 valence electrons. The molecule has 0 unspecified atom stereocenters. The van der Waals surface area contributed by atoms with E-state index in [-0.39, 0.29) is 11.1 Å². The van der Waals surface area contributed by atoms with Gasteiger partial charge in [-0.1, -0.05) is 83.9 Å². The third-order valence-electron chi connectivity index (χ3n) is 6.66. The van der Waals surface area contributed by atoms with E-state index in [1.54, 1.807) is 12.1 Å². The lowest BCUT2D eigenvalue weighted by Gasteiger charge is -2.08. The fraction of sp³-hybridized carbons (Fsp3) is 0.125. The Balaban J connectivity index is 0.000000168. The van der Waals surface area contributed by atoms with Crippen LogP contribution in [0.5, 0.6) is 0 Å².